The molecule has 0 fully saturated rings. The summed E-state index contributed by atoms with van der Waals surface area (Å²) in [5, 5.41) is 11.9. The van der Waals surface area contributed by atoms with Gasteiger partial charge in [-0.2, -0.15) is 0 Å². The molecular formula is C34H35N7O5S. The Morgan fingerprint density at radius 1 is 1.00 bits per heavy atom. The molecule has 2 atom stereocenters. The largest absolute Gasteiger partial charge is 0.446 e. The van der Waals surface area contributed by atoms with Crippen LogP contribution in [0.3, 0.4) is 0 Å². The van der Waals surface area contributed by atoms with Gasteiger partial charge in [0.15, 0.2) is 5.69 Å². The van der Waals surface area contributed by atoms with Crippen molar-refractivity contribution in [3.05, 3.63) is 106 Å². The average molecular weight is 654 g/mol. The zero-order valence-electron chi connectivity index (χ0n) is 26.2. The van der Waals surface area contributed by atoms with Crippen molar-refractivity contribution in [2.75, 3.05) is 19.6 Å². The van der Waals surface area contributed by atoms with Crippen LogP contribution in [-0.2, 0) is 18.3 Å². The molecule has 0 saturated heterocycles. The lowest BCUT2D eigenvalue weighted by molar-refractivity contribution is -0.122. The number of hydrogen-bond acceptors (Lipinski definition) is 8. The van der Waals surface area contributed by atoms with E-state index >= 15 is 0 Å². The van der Waals surface area contributed by atoms with Gasteiger partial charge in [-0.3, -0.25) is 19.2 Å². The first-order valence-corrected chi connectivity index (χ1v) is 16.2. The van der Waals surface area contributed by atoms with E-state index < -0.39 is 29.8 Å². The number of aryl methyl sites for hydroxylation is 1. The smallest absolute Gasteiger partial charge is 0.273 e. The normalized spacial score (nSPS) is 18.0. The summed E-state index contributed by atoms with van der Waals surface area (Å²) in [5.74, 6) is -1.61. The number of fused-ring (bicyclic) bond motifs is 5. The third-order valence-electron chi connectivity index (χ3n) is 8.10. The Bertz CT molecular complexity index is 1930. The molecule has 47 heavy (non-hydrogen) atoms. The standard InChI is InChI=1S/C34H35N7O5S/c1-20(2)29-33-38-25(19-47-33)31(44)36-23(15-21-9-5-4-6-10-21)32-37-24(18-46-32)30(43)35-13-14-41(17-28(42)39-29)34(45)27-16-22-11-7-8-12-26(22)40(27)3/h4-12,16,18-20,23,29H,13-15,17H2,1-3H3,(H,35,43)(H,36,44)(H,39,42)/t23-,29-/m0/s1. The summed E-state index contributed by atoms with van der Waals surface area (Å²) < 4.78 is 7.51. The third kappa shape index (κ3) is 6.94. The molecule has 0 radical (unpaired) electrons. The van der Waals surface area contributed by atoms with E-state index in [-0.39, 0.29) is 48.7 Å². The van der Waals surface area contributed by atoms with Gasteiger partial charge in [0.05, 0.1) is 12.6 Å². The van der Waals surface area contributed by atoms with Crippen molar-refractivity contribution in [1.29, 1.82) is 0 Å². The molecule has 13 heteroatoms. The fraction of sp³-hybridized carbons (Fsp3) is 0.294. The van der Waals surface area contributed by atoms with E-state index in [9.17, 15) is 19.2 Å². The highest BCUT2D eigenvalue weighted by Gasteiger charge is 2.29. The molecule has 0 saturated carbocycles. The third-order valence-corrected chi connectivity index (χ3v) is 9.03. The van der Waals surface area contributed by atoms with Gasteiger partial charge in [-0.05, 0) is 23.6 Å². The van der Waals surface area contributed by atoms with Gasteiger partial charge in [0.25, 0.3) is 17.7 Å². The summed E-state index contributed by atoms with van der Waals surface area (Å²) in [6.45, 7) is 3.75. The lowest BCUT2D eigenvalue weighted by atomic mass is 10.0. The predicted octanol–water partition coefficient (Wildman–Crippen LogP) is 4.04. The maximum absolute atomic E-state index is 13.9. The first kappa shape index (κ1) is 31.7. The molecule has 0 aliphatic carbocycles. The number of nitrogens with one attached hydrogen (secondary N) is 3. The van der Waals surface area contributed by atoms with Crippen LogP contribution >= 0.6 is 11.3 Å². The Labute approximate surface area is 275 Å². The van der Waals surface area contributed by atoms with E-state index in [2.05, 4.69) is 25.9 Å². The number of rotatable bonds is 4. The van der Waals surface area contributed by atoms with Crippen LogP contribution in [-0.4, -0.2) is 62.7 Å². The molecule has 242 valence electrons. The van der Waals surface area contributed by atoms with Gasteiger partial charge >= 0.3 is 0 Å². The second kappa shape index (κ2) is 13.6. The summed E-state index contributed by atoms with van der Waals surface area (Å²) in [6.07, 6.45) is 1.60. The molecule has 3 aromatic heterocycles. The Hall–Kier alpha value is -5.30. The number of benzene rings is 2. The number of hydrogen-bond donors (Lipinski definition) is 3. The summed E-state index contributed by atoms with van der Waals surface area (Å²) >= 11 is 1.27. The van der Waals surface area contributed by atoms with Crippen LogP contribution in [0.4, 0.5) is 0 Å². The minimum atomic E-state index is -0.690. The summed E-state index contributed by atoms with van der Waals surface area (Å²) in [7, 11) is 1.80. The van der Waals surface area contributed by atoms with E-state index in [1.807, 2.05) is 68.4 Å². The van der Waals surface area contributed by atoms with E-state index in [1.165, 1.54) is 22.5 Å². The number of oxazole rings is 1. The highest BCUT2D eigenvalue weighted by atomic mass is 32.1. The Morgan fingerprint density at radius 3 is 2.53 bits per heavy atom. The highest BCUT2D eigenvalue weighted by molar-refractivity contribution is 7.09. The van der Waals surface area contributed by atoms with Crippen molar-refractivity contribution in [2.24, 2.45) is 13.0 Å². The topological polar surface area (TPSA) is 151 Å². The minimum absolute atomic E-state index is 0.0217. The van der Waals surface area contributed by atoms with Gasteiger partial charge in [-0.15, -0.1) is 11.3 Å². The lowest BCUT2D eigenvalue weighted by Gasteiger charge is -2.25. The van der Waals surface area contributed by atoms with E-state index in [4.69, 9.17) is 4.42 Å². The van der Waals surface area contributed by atoms with Crippen LogP contribution in [0.15, 0.2) is 76.7 Å². The number of carbonyl (C=O) groups is 4. The van der Waals surface area contributed by atoms with Crippen LogP contribution in [0.5, 0.6) is 0 Å². The molecule has 4 amide bonds. The molecule has 4 bridgehead atoms. The van der Waals surface area contributed by atoms with Gasteiger partial charge in [-0.1, -0.05) is 62.4 Å². The summed E-state index contributed by atoms with van der Waals surface area (Å²) in [6, 6.07) is 17.8. The number of amides is 4. The van der Waals surface area contributed by atoms with Crippen LogP contribution < -0.4 is 16.0 Å². The number of thiazole rings is 1. The maximum Gasteiger partial charge on any atom is 0.273 e. The van der Waals surface area contributed by atoms with E-state index in [1.54, 1.807) is 23.1 Å². The van der Waals surface area contributed by atoms with Crippen LogP contribution in [0, 0.1) is 5.92 Å². The number of nitrogens with zero attached hydrogens (tertiary/aromatic N) is 4. The van der Waals surface area contributed by atoms with Gasteiger partial charge < -0.3 is 29.8 Å². The fourth-order valence-electron chi connectivity index (χ4n) is 5.58. The zero-order chi connectivity index (χ0) is 33.1. The molecule has 6 rings (SSSR count). The zero-order valence-corrected chi connectivity index (χ0v) is 27.0. The highest BCUT2D eigenvalue weighted by Crippen LogP contribution is 2.27. The molecule has 3 N–H and O–H groups in total. The number of para-hydroxylation sites is 1. The molecule has 0 unspecified atom stereocenters. The average Bonchev–Trinajstić information content (AvgIpc) is 3.82. The minimum Gasteiger partial charge on any atom is -0.446 e. The Kier molecular flexibility index (Phi) is 9.16. The van der Waals surface area contributed by atoms with Gasteiger partial charge in [0.2, 0.25) is 11.8 Å². The molecule has 1 aliphatic rings. The predicted molar refractivity (Wildman–Crippen MR) is 176 cm³/mol. The molecule has 5 aromatic rings. The summed E-state index contributed by atoms with van der Waals surface area (Å²) in [4.78, 5) is 64.4. The Balaban J connectivity index is 1.33. The Morgan fingerprint density at radius 2 is 1.77 bits per heavy atom. The van der Waals surface area contributed by atoms with Gasteiger partial charge in [0.1, 0.15) is 28.7 Å². The summed E-state index contributed by atoms with van der Waals surface area (Å²) in [5.41, 5.74) is 2.43. The van der Waals surface area contributed by atoms with Crippen molar-refractivity contribution < 1.29 is 23.6 Å². The molecule has 1 aliphatic heterocycles. The first-order valence-electron chi connectivity index (χ1n) is 15.3. The van der Waals surface area contributed by atoms with E-state index in [0.29, 0.717) is 17.1 Å². The first-order chi connectivity index (χ1) is 22.7. The fourth-order valence-corrected chi connectivity index (χ4v) is 6.60. The van der Waals surface area contributed by atoms with Crippen molar-refractivity contribution in [3.8, 4) is 0 Å². The monoisotopic (exact) mass is 653 g/mol. The van der Waals surface area contributed by atoms with Crippen LogP contribution in [0.1, 0.15) is 73.9 Å². The van der Waals surface area contributed by atoms with E-state index in [0.717, 1.165) is 16.5 Å². The molecule has 0 spiro atoms. The number of carbonyl (C=O) groups excluding carboxylic acids is 4. The maximum atomic E-state index is 13.9. The van der Waals surface area contributed by atoms with Crippen molar-refractivity contribution in [1.82, 2.24) is 35.4 Å². The SMILES string of the molecule is CC(C)[C@@H]1NC(=O)CN(C(=O)c2cc3ccccc3n2C)CCNC(=O)c2coc(n2)[C@H](Cc2ccccc2)NC(=O)c2csc1n2. The number of aromatic nitrogens is 3. The van der Waals surface area contributed by atoms with Gasteiger partial charge in [-0.25, -0.2) is 9.97 Å². The molecule has 4 heterocycles. The molecule has 2 aromatic carbocycles. The van der Waals surface area contributed by atoms with Crippen LogP contribution in [0.25, 0.3) is 10.9 Å². The second-order valence-corrected chi connectivity index (χ2v) is 12.7. The van der Waals surface area contributed by atoms with Gasteiger partial charge in [0, 0.05) is 42.8 Å². The quantitative estimate of drug-likeness (QED) is 0.265. The lowest BCUT2D eigenvalue weighted by Crippen LogP contribution is -2.46. The van der Waals surface area contributed by atoms with Crippen molar-refractivity contribution in [3.63, 3.8) is 0 Å². The van der Waals surface area contributed by atoms with Crippen molar-refractivity contribution in [2.45, 2.75) is 32.4 Å². The van der Waals surface area contributed by atoms with Crippen molar-refractivity contribution >= 4 is 45.9 Å². The second-order valence-electron chi connectivity index (χ2n) is 11.8. The molecule has 12 nitrogen and oxygen atoms in total. The van der Waals surface area contributed by atoms with Crippen LogP contribution in [0.2, 0.25) is 0 Å². The molecular weight excluding hydrogens is 618 g/mol.